The molecule has 0 radical (unpaired) electrons. The Morgan fingerprint density at radius 2 is 1.69 bits per heavy atom. The van der Waals surface area contributed by atoms with E-state index >= 15 is 0 Å². The highest BCUT2D eigenvalue weighted by molar-refractivity contribution is 5.91. The summed E-state index contributed by atoms with van der Waals surface area (Å²) in [6.45, 7) is 3.74. The molecular formula is C25H32F5N3O2. The number of halogens is 5. The van der Waals surface area contributed by atoms with Gasteiger partial charge in [-0.15, -0.1) is 0 Å². The predicted octanol–water partition coefficient (Wildman–Crippen LogP) is 5.31. The van der Waals surface area contributed by atoms with Gasteiger partial charge in [0.2, 0.25) is 11.8 Å². The van der Waals surface area contributed by atoms with Crippen LogP contribution in [0.3, 0.4) is 0 Å². The summed E-state index contributed by atoms with van der Waals surface area (Å²) in [6, 6.07) is 1.96. The lowest BCUT2D eigenvalue weighted by atomic mass is 9.77. The van der Waals surface area contributed by atoms with Crippen LogP contribution in [0.1, 0.15) is 69.4 Å². The van der Waals surface area contributed by atoms with E-state index in [2.05, 4.69) is 10.6 Å². The maximum Gasteiger partial charge on any atom is 0.416 e. The molecule has 1 aliphatic carbocycles. The normalized spacial score (nSPS) is 23.1. The summed E-state index contributed by atoms with van der Waals surface area (Å²) in [7, 11) is 0. The number of nitrogens with zero attached hydrogens (tertiary/aromatic N) is 1. The van der Waals surface area contributed by atoms with Gasteiger partial charge in [0.25, 0.3) is 5.92 Å². The standard InChI is InChI=1S/C25H32F5N3O2/c1-23(7-10-33(11-8-23)22(35)20-4-2-3-9-31-20)15-21(34)32-19-13-17(24(26,27)16-5-6-16)12-18(14-19)25(28,29)30/h12-14,16,20,31H,2-11,15H2,1H3,(H,32,34)/t20-/m1/s1. The summed E-state index contributed by atoms with van der Waals surface area (Å²) >= 11 is 0. The van der Waals surface area contributed by atoms with Gasteiger partial charge in [0, 0.05) is 36.7 Å². The maximum absolute atomic E-state index is 14.6. The minimum atomic E-state index is -4.81. The Morgan fingerprint density at radius 3 is 2.26 bits per heavy atom. The molecule has 35 heavy (non-hydrogen) atoms. The number of carbonyl (C=O) groups excluding carboxylic acids is 2. The first-order valence-electron chi connectivity index (χ1n) is 12.3. The number of hydrogen-bond donors (Lipinski definition) is 2. The number of carbonyl (C=O) groups is 2. The molecule has 1 aromatic rings. The van der Waals surface area contributed by atoms with Crippen LogP contribution >= 0.6 is 0 Å². The van der Waals surface area contributed by atoms with Crippen LogP contribution in [0.15, 0.2) is 18.2 Å². The molecule has 5 nitrogen and oxygen atoms in total. The van der Waals surface area contributed by atoms with Gasteiger partial charge < -0.3 is 15.5 Å². The zero-order valence-electron chi connectivity index (χ0n) is 19.8. The number of anilines is 1. The third kappa shape index (κ3) is 6.13. The van der Waals surface area contributed by atoms with Crippen molar-refractivity contribution >= 4 is 17.5 Å². The minimum absolute atomic E-state index is 0.0291. The average Bonchev–Trinajstić information content (AvgIpc) is 3.65. The first-order valence-corrected chi connectivity index (χ1v) is 12.3. The van der Waals surface area contributed by atoms with Crippen molar-refractivity contribution in [1.29, 1.82) is 0 Å². The van der Waals surface area contributed by atoms with Crippen LogP contribution in [0, 0.1) is 11.3 Å². The number of piperidine rings is 2. The molecule has 0 bridgehead atoms. The van der Waals surface area contributed by atoms with Crippen LogP contribution < -0.4 is 10.6 Å². The summed E-state index contributed by atoms with van der Waals surface area (Å²) < 4.78 is 69.3. The molecule has 0 spiro atoms. The van der Waals surface area contributed by atoms with Crippen molar-refractivity contribution in [3.63, 3.8) is 0 Å². The van der Waals surface area contributed by atoms with E-state index in [0.29, 0.717) is 38.1 Å². The van der Waals surface area contributed by atoms with Crippen molar-refractivity contribution in [2.24, 2.45) is 11.3 Å². The van der Waals surface area contributed by atoms with Crippen molar-refractivity contribution in [2.45, 2.75) is 76.4 Å². The van der Waals surface area contributed by atoms with Gasteiger partial charge in [-0.1, -0.05) is 13.3 Å². The lowest BCUT2D eigenvalue weighted by Crippen LogP contribution is -2.52. The van der Waals surface area contributed by atoms with Crippen LogP contribution in [0.25, 0.3) is 0 Å². The van der Waals surface area contributed by atoms with E-state index in [1.54, 1.807) is 0 Å². The first-order chi connectivity index (χ1) is 16.4. The zero-order valence-corrected chi connectivity index (χ0v) is 19.8. The molecule has 1 aromatic carbocycles. The van der Waals surface area contributed by atoms with E-state index < -0.39 is 40.5 Å². The van der Waals surface area contributed by atoms with Crippen molar-refractivity contribution in [3.05, 3.63) is 29.3 Å². The van der Waals surface area contributed by atoms with Crippen LogP contribution in [-0.4, -0.2) is 42.4 Å². The van der Waals surface area contributed by atoms with Gasteiger partial charge in [0.15, 0.2) is 0 Å². The molecule has 2 amide bonds. The van der Waals surface area contributed by atoms with Gasteiger partial charge in [0.05, 0.1) is 11.6 Å². The molecule has 0 aromatic heterocycles. The highest BCUT2D eigenvalue weighted by atomic mass is 19.4. The van der Waals surface area contributed by atoms with Crippen LogP contribution in [-0.2, 0) is 21.7 Å². The second-order valence-corrected chi connectivity index (χ2v) is 10.6. The summed E-state index contributed by atoms with van der Waals surface area (Å²) in [6.07, 6.45) is -0.220. The monoisotopic (exact) mass is 501 g/mol. The smallest absolute Gasteiger partial charge is 0.341 e. The predicted molar refractivity (Wildman–Crippen MR) is 121 cm³/mol. The van der Waals surface area contributed by atoms with Gasteiger partial charge in [-0.3, -0.25) is 9.59 Å². The Balaban J connectivity index is 1.39. The quantitative estimate of drug-likeness (QED) is 0.520. The second kappa shape index (κ2) is 9.67. The van der Waals surface area contributed by atoms with Crippen LogP contribution in [0.4, 0.5) is 27.6 Å². The molecule has 2 aliphatic heterocycles. The number of benzene rings is 1. The maximum atomic E-state index is 14.6. The molecule has 2 N–H and O–H groups in total. The topological polar surface area (TPSA) is 61.4 Å². The first kappa shape index (κ1) is 25.9. The summed E-state index contributed by atoms with van der Waals surface area (Å²) in [5.41, 5.74) is -2.65. The third-order valence-electron chi connectivity index (χ3n) is 7.50. The average molecular weight is 502 g/mol. The fourth-order valence-electron chi connectivity index (χ4n) is 5.06. The summed E-state index contributed by atoms with van der Waals surface area (Å²) in [5, 5.41) is 5.67. The van der Waals surface area contributed by atoms with E-state index in [1.165, 1.54) is 0 Å². The van der Waals surface area contributed by atoms with Gasteiger partial charge in [-0.25, -0.2) is 8.78 Å². The number of hydrogen-bond acceptors (Lipinski definition) is 3. The summed E-state index contributed by atoms with van der Waals surface area (Å²) in [4.78, 5) is 27.3. The molecule has 4 rings (SSSR count). The molecule has 1 saturated carbocycles. The molecule has 0 unspecified atom stereocenters. The highest BCUT2D eigenvalue weighted by Gasteiger charge is 2.49. The fraction of sp³-hybridized carbons (Fsp3) is 0.680. The van der Waals surface area contributed by atoms with Crippen molar-refractivity contribution in [2.75, 3.05) is 25.0 Å². The van der Waals surface area contributed by atoms with E-state index in [0.717, 1.165) is 31.9 Å². The molecule has 3 fully saturated rings. The fourth-order valence-corrected chi connectivity index (χ4v) is 5.06. The van der Waals surface area contributed by atoms with E-state index in [-0.39, 0.29) is 36.9 Å². The Bertz CT molecular complexity index is 947. The number of likely N-dealkylation sites (tertiary alicyclic amines) is 1. The molecule has 2 heterocycles. The van der Waals surface area contributed by atoms with Gasteiger partial charge in [-0.2, -0.15) is 13.2 Å². The third-order valence-corrected chi connectivity index (χ3v) is 7.50. The van der Waals surface area contributed by atoms with Crippen LogP contribution in [0.2, 0.25) is 0 Å². The summed E-state index contributed by atoms with van der Waals surface area (Å²) in [5.74, 6) is -4.80. The SMILES string of the molecule is CC1(CC(=O)Nc2cc(C(F)(F)F)cc(C(F)(F)C3CC3)c2)CCN(C(=O)[C@H]2CCCCN2)CC1. The highest BCUT2D eigenvalue weighted by Crippen LogP contribution is 2.51. The molecule has 2 saturated heterocycles. The van der Waals surface area contributed by atoms with Gasteiger partial charge >= 0.3 is 6.18 Å². The van der Waals surface area contributed by atoms with E-state index in [4.69, 9.17) is 0 Å². The zero-order chi connectivity index (χ0) is 25.4. The number of alkyl halides is 5. The molecular weight excluding hydrogens is 469 g/mol. The second-order valence-electron chi connectivity index (χ2n) is 10.6. The minimum Gasteiger partial charge on any atom is -0.341 e. The van der Waals surface area contributed by atoms with Crippen molar-refractivity contribution in [3.8, 4) is 0 Å². The Kier molecular flexibility index (Phi) is 7.14. The molecule has 1 atom stereocenters. The molecule has 10 heteroatoms. The van der Waals surface area contributed by atoms with E-state index in [9.17, 15) is 31.5 Å². The Hall–Kier alpha value is -2.23. The van der Waals surface area contributed by atoms with Crippen molar-refractivity contribution < 1.29 is 31.5 Å². The van der Waals surface area contributed by atoms with Crippen molar-refractivity contribution in [1.82, 2.24) is 10.2 Å². The number of rotatable bonds is 6. The molecule has 3 aliphatic rings. The van der Waals surface area contributed by atoms with Gasteiger partial charge in [0.1, 0.15) is 0 Å². The molecule has 194 valence electrons. The largest absolute Gasteiger partial charge is 0.416 e. The Morgan fingerprint density at radius 1 is 1.03 bits per heavy atom. The van der Waals surface area contributed by atoms with Gasteiger partial charge in [-0.05, 0) is 68.7 Å². The van der Waals surface area contributed by atoms with Crippen LogP contribution in [0.5, 0.6) is 0 Å². The lowest BCUT2D eigenvalue weighted by Gasteiger charge is -2.40. The number of nitrogens with one attached hydrogen (secondary N) is 2. The Labute approximate surface area is 201 Å². The number of amides is 2. The van der Waals surface area contributed by atoms with E-state index in [1.807, 2.05) is 11.8 Å². The lowest BCUT2D eigenvalue weighted by molar-refractivity contribution is -0.138.